The van der Waals surface area contributed by atoms with E-state index in [0.717, 1.165) is 17.2 Å². The Morgan fingerprint density at radius 2 is 2.00 bits per heavy atom. The second-order valence-corrected chi connectivity index (χ2v) is 6.94. The number of rotatable bonds is 2. The Balaban J connectivity index is 1.79. The zero-order chi connectivity index (χ0) is 14.2. The summed E-state index contributed by atoms with van der Waals surface area (Å²) in [6.07, 6.45) is 9.95. The molecule has 4 heterocycles. The van der Waals surface area contributed by atoms with Crippen molar-refractivity contribution in [2.24, 2.45) is 5.92 Å². The van der Waals surface area contributed by atoms with Crippen molar-refractivity contribution in [3.8, 4) is 5.75 Å². The second-order valence-electron chi connectivity index (χ2n) is 6.94. The molecule has 0 aliphatic carbocycles. The summed E-state index contributed by atoms with van der Waals surface area (Å²) < 4.78 is 5.89. The van der Waals surface area contributed by atoms with Crippen LogP contribution in [0.4, 0.5) is 0 Å². The van der Waals surface area contributed by atoms with Gasteiger partial charge < -0.3 is 9.64 Å². The van der Waals surface area contributed by atoms with E-state index < -0.39 is 0 Å². The third kappa shape index (κ3) is 3.14. The Hall–Kier alpha value is -1.51. The largest absolute Gasteiger partial charge is 0.487 e. The first-order valence-electron chi connectivity index (χ1n) is 7.59. The molecule has 3 fully saturated rings. The van der Waals surface area contributed by atoms with Crippen molar-refractivity contribution in [3.05, 3.63) is 29.7 Å². The van der Waals surface area contributed by atoms with E-state index in [1.807, 2.05) is 6.20 Å². The highest BCUT2D eigenvalue weighted by Gasteiger charge is 2.28. The van der Waals surface area contributed by atoms with Crippen LogP contribution in [0.3, 0.4) is 0 Å². The van der Waals surface area contributed by atoms with Gasteiger partial charge in [0.05, 0.1) is 6.20 Å². The van der Waals surface area contributed by atoms with E-state index in [4.69, 9.17) is 4.74 Å². The van der Waals surface area contributed by atoms with Crippen LogP contribution < -0.4 is 4.74 Å². The number of aromatic nitrogens is 1. The summed E-state index contributed by atoms with van der Waals surface area (Å²) in [6, 6.07) is 2.09. The van der Waals surface area contributed by atoms with Gasteiger partial charge in [0.1, 0.15) is 11.4 Å². The van der Waals surface area contributed by atoms with E-state index in [1.54, 1.807) is 6.20 Å². The summed E-state index contributed by atoms with van der Waals surface area (Å²) in [4.78, 5) is 6.83. The fraction of sp³-hybridized carbons (Fsp3) is 0.588. The Morgan fingerprint density at radius 1 is 1.25 bits per heavy atom. The van der Waals surface area contributed by atoms with Crippen molar-refractivity contribution in [2.75, 3.05) is 13.1 Å². The molecule has 0 N–H and O–H groups in total. The minimum absolute atomic E-state index is 0.180. The molecule has 2 bridgehead atoms. The highest BCUT2D eigenvalue weighted by atomic mass is 16.5. The third-order valence-electron chi connectivity index (χ3n) is 4.01. The van der Waals surface area contributed by atoms with Crippen LogP contribution in [0.15, 0.2) is 24.2 Å². The lowest BCUT2D eigenvalue weighted by molar-refractivity contribution is 0.130. The van der Waals surface area contributed by atoms with Crippen LogP contribution in [-0.2, 0) is 0 Å². The Morgan fingerprint density at radius 3 is 2.60 bits per heavy atom. The third-order valence-corrected chi connectivity index (χ3v) is 4.01. The van der Waals surface area contributed by atoms with Gasteiger partial charge in [0.15, 0.2) is 0 Å². The second kappa shape index (κ2) is 5.12. The van der Waals surface area contributed by atoms with Gasteiger partial charge in [-0.3, -0.25) is 4.98 Å². The van der Waals surface area contributed by atoms with Crippen LogP contribution in [-0.4, -0.2) is 28.6 Å². The molecule has 0 aromatic carbocycles. The lowest BCUT2D eigenvalue weighted by Crippen LogP contribution is -2.39. The predicted octanol–water partition coefficient (Wildman–Crippen LogP) is 3.72. The first kappa shape index (κ1) is 13.5. The van der Waals surface area contributed by atoms with E-state index in [2.05, 4.69) is 42.8 Å². The summed E-state index contributed by atoms with van der Waals surface area (Å²) in [7, 11) is 0. The number of fused-ring (bicyclic) bond motifs is 3. The first-order valence-corrected chi connectivity index (χ1v) is 7.59. The van der Waals surface area contributed by atoms with Crippen LogP contribution in [0.1, 0.15) is 45.6 Å². The minimum atomic E-state index is -0.180. The van der Waals surface area contributed by atoms with Crippen molar-refractivity contribution in [2.45, 2.75) is 45.6 Å². The summed E-state index contributed by atoms with van der Waals surface area (Å²) in [5.74, 6) is 1.75. The number of pyridine rings is 1. The highest BCUT2D eigenvalue weighted by molar-refractivity contribution is 5.53. The molecule has 4 rings (SSSR count). The van der Waals surface area contributed by atoms with Crippen molar-refractivity contribution >= 4 is 6.08 Å². The van der Waals surface area contributed by atoms with E-state index in [0.29, 0.717) is 0 Å². The average Bonchev–Trinajstić information content (AvgIpc) is 2.38. The van der Waals surface area contributed by atoms with Crippen LogP contribution in [0.25, 0.3) is 6.08 Å². The van der Waals surface area contributed by atoms with Crippen molar-refractivity contribution in [3.63, 3.8) is 0 Å². The lowest BCUT2D eigenvalue weighted by atomic mass is 9.85. The number of hydrogen-bond acceptors (Lipinski definition) is 3. The quantitative estimate of drug-likeness (QED) is 0.820. The van der Waals surface area contributed by atoms with Gasteiger partial charge in [-0.25, -0.2) is 0 Å². The zero-order valence-electron chi connectivity index (χ0n) is 12.7. The van der Waals surface area contributed by atoms with Gasteiger partial charge in [-0.05, 0) is 63.7 Å². The maximum absolute atomic E-state index is 5.89. The molecule has 3 heteroatoms. The summed E-state index contributed by atoms with van der Waals surface area (Å²) in [5.41, 5.74) is 2.44. The minimum Gasteiger partial charge on any atom is -0.487 e. The predicted molar refractivity (Wildman–Crippen MR) is 81.5 cm³/mol. The molecular formula is C17H24N2O. The topological polar surface area (TPSA) is 25.4 Å². The smallest absolute Gasteiger partial charge is 0.138 e. The molecule has 3 aliphatic rings. The molecule has 0 saturated carbocycles. The van der Waals surface area contributed by atoms with E-state index in [9.17, 15) is 0 Å². The average molecular weight is 272 g/mol. The molecule has 0 spiro atoms. The lowest BCUT2D eigenvalue weighted by Gasteiger charge is -2.42. The fourth-order valence-electron chi connectivity index (χ4n) is 3.12. The number of hydrogen-bond donors (Lipinski definition) is 0. The van der Waals surface area contributed by atoms with Gasteiger partial charge in [-0.1, -0.05) is 0 Å². The van der Waals surface area contributed by atoms with Crippen molar-refractivity contribution in [1.29, 1.82) is 0 Å². The standard InChI is InChI=1S/C17H24N2O/c1-17(2,3)20-16-10-14(11-18-12-16)9-15-8-13-4-6-19(15)7-5-13/h9-13H,4-8H2,1-3H3. The van der Waals surface area contributed by atoms with Gasteiger partial charge in [0, 0.05) is 25.0 Å². The van der Waals surface area contributed by atoms with Gasteiger partial charge >= 0.3 is 0 Å². The monoisotopic (exact) mass is 272 g/mol. The summed E-state index contributed by atoms with van der Waals surface area (Å²) in [5, 5.41) is 0. The van der Waals surface area contributed by atoms with Crippen molar-refractivity contribution < 1.29 is 4.74 Å². The molecule has 1 aromatic rings. The Labute approximate surface area is 121 Å². The van der Waals surface area contributed by atoms with Crippen LogP contribution in [0, 0.1) is 5.92 Å². The molecular weight excluding hydrogens is 248 g/mol. The van der Waals surface area contributed by atoms with Crippen LogP contribution in [0.5, 0.6) is 5.75 Å². The molecule has 1 aromatic heterocycles. The Kier molecular flexibility index (Phi) is 3.45. The molecule has 0 amide bonds. The number of ether oxygens (including phenoxy) is 1. The number of nitrogens with zero attached hydrogens (tertiary/aromatic N) is 2. The Bertz CT molecular complexity index is 508. The number of allylic oxidation sites excluding steroid dienone is 1. The van der Waals surface area contributed by atoms with Crippen LogP contribution in [0.2, 0.25) is 0 Å². The number of piperidine rings is 3. The van der Waals surface area contributed by atoms with Gasteiger partial charge in [-0.2, -0.15) is 0 Å². The first-order chi connectivity index (χ1) is 9.49. The molecule has 108 valence electrons. The van der Waals surface area contributed by atoms with Crippen LogP contribution >= 0.6 is 0 Å². The summed E-state index contributed by atoms with van der Waals surface area (Å²) >= 11 is 0. The maximum atomic E-state index is 5.89. The fourth-order valence-corrected chi connectivity index (χ4v) is 3.12. The van der Waals surface area contributed by atoms with E-state index in [1.165, 1.54) is 38.0 Å². The zero-order valence-corrected chi connectivity index (χ0v) is 12.7. The summed E-state index contributed by atoms with van der Waals surface area (Å²) in [6.45, 7) is 8.63. The van der Waals surface area contributed by atoms with Gasteiger partial charge in [-0.15, -0.1) is 0 Å². The van der Waals surface area contributed by atoms with Gasteiger partial charge in [0.2, 0.25) is 0 Å². The normalized spacial score (nSPS) is 21.6. The molecule has 3 saturated heterocycles. The van der Waals surface area contributed by atoms with E-state index in [-0.39, 0.29) is 5.60 Å². The maximum Gasteiger partial charge on any atom is 0.138 e. The SMILES string of the molecule is CC(C)(C)Oc1cncc(C=C2CC3CCN2CC3)c1. The molecule has 0 unspecified atom stereocenters. The highest BCUT2D eigenvalue weighted by Crippen LogP contribution is 2.35. The van der Waals surface area contributed by atoms with Gasteiger partial charge in [0.25, 0.3) is 0 Å². The molecule has 0 atom stereocenters. The molecule has 3 nitrogen and oxygen atoms in total. The molecule has 3 aliphatic heterocycles. The molecule has 0 radical (unpaired) electrons. The van der Waals surface area contributed by atoms with E-state index >= 15 is 0 Å². The molecule has 20 heavy (non-hydrogen) atoms. The van der Waals surface area contributed by atoms with Crippen molar-refractivity contribution in [1.82, 2.24) is 9.88 Å².